The van der Waals surface area contributed by atoms with Gasteiger partial charge in [-0.3, -0.25) is 9.48 Å². The number of benzene rings is 1. The zero-order chi connectivity index (χ0) is 14.0. The lowest BCUT2D eigenvalue weighted by atomic mass is 10.1. The molecule has 2 rings (SSSR count). The minimum atomic E-state index is -0.210. The van der Waals surface area contributed by atoms with Gasteiger partial charge in [0.2, 0.25) is 0 Å². The van der Waals surface area contributed by atoms with E-state index in [1.54, 1.807) is 42.9 Å². The smallest absolute Gasteiger partial charge is 0.259 e. The highest BCUT2D eigenvalue weighted by atomic mass is 16.1. The molecular weight excluding hydrogens is 240 g/mol. The maximum Gasteiger partial charge on any atom is 0.259 e. The Balaban J connectivity index is 2.28. The van der Waals surface area contributed by atoms with Crippen molar-refractivity contribution in [2.75, 3.05) is 5.32 Å². The fourth-order valence-corrected chi connectivity index (χ4v) is 1.96. The van der Waals surface area contributed by atoms with Crippen LogP contribution in [0.25, 0.3) is 0 Å². The molecule has 0 atom stereocenters. The number of aromatic nitrogens is 2. The Morgan fingerprint density at radius 1 is 1.42 bits per heavy atom. The lowest BCUT2D eigenvalue weighted by molar-refractivity contribution is 0.102. The summed E-state index contributed by atoms with van der Waals surface area (Å²) in [6, 6.07) is 8.85. The summed E-state index contributed by atoms with van der Waals surface area (Å²) in [6.45, 7) is 3.65. The van der Waals surface area contributed by atoms with Crippen LogP contribution in [0.5, 0.6) is 0 Å². The monoisotopic (exact) mass is 254 g/mol. The number of amides is 1. The van der Waals surface area contributed by atoms with Crippen molar-refractivity contribution in [1.29, 1.82) is 5.26 Å². The summed E-state index contributed by atoms with van der Waals surface area (Å²) in [6.07, 6.45) is 0. The summed E-state index contributed by atoms with van der Waals surface area (Å²) < 4.78 is 1.68. The number of rotatable bonds is 2. The Bertz CT molecular complexity index is 679. The van der Waals surface area contributed by atoms with Crippen molar-refractivity contribution in [1.82, 2.24) is 9.78 Å². The van der Waals surface area contributed by atoms with E-state index in [0.29, 0.717) is 22.5 Å². The van der Waals surface area contributed by atoms with Crippen LogP contribution in [0.2, 0.25) is 0 Å². The van der Waals surface area contributed by atoms with Crippen LogP contribution >= 0.6 is 0 Å². The Kier molecular flexibility index (Phi) is 3.34. The first-order valence-electron chi connectivity index (χ1n) is 5.84. The first-order chi connectivity index (χ1) is 9.02. The minimum absolute atomic E-state index is 0.210. The van der Waals surface area contributed by atoms with Gasteiger partial charge in [-0.2, -0.15) is 10.4 Å². The average Bonchev–Trinajstić information content (AvgIpc) is 2.63. The molecule has 1 N–H and O–H groups in total. The molecule has 2 aromatic rings. The van der Waals surface area contributed by atoms with E-state index in [1.165, 1.54) is 0 Å². The topological polar surface area (TPSA) is 70.7 Å². The molecule has 5 heteroatoms. The van der Waals surface area contributed by atoms with Gasteiger partial charge in [0.1, 0.15) is 0 Å². The molecule has 1 heterocycles. The van der Waals surface area contributed by atoms with Crippen molar-refractivity contribution in [2.45, 2.75) is 13.8 Å². The lowest BCUT2D eigenvalue weighted by Crippen LogP contribution is -2.14. The van der Waals surface area contributed by atoms with Crippen molar-refractivity contribution in [3.63, 3.8) is 0 Å². The zero-order valence-corrected chi connectivity index (χ0v) is 11.1. The summed E-state index contributed by atoms with van der Waals surface area (Å²) >= 11 is 0. The van der Waals surface area contributed by atoms with Crippen LogP contribution in [0, 0.1) is 25.2 Å². The van der Waals surface area contributed by atoms with E-state index in [2.05, 4.69) is 10.4 Å². The molecular formula is C14H14N4O. The van der Waals surface area contributed by atoms with Crippen LogP contribution in [-0.4, -0.2) is 15.7 Å². The Labute approximate surface area is 111 Å². The zero-order valence-electron chi connectivity index (χ0n) is 11.1. The fraction of sp³-hybridized carbons (Fsp3) is 0.214. The van der Waals surface area contributed by atoms with Gasteiger partial charge in [0.05, 0.1) is 22.9 Å². The molecule has 0 aliphatic carbocycles. The highest BCUT2D eigenvalue weighted by Gasteiger charge is 2.17. The van der Waals surface area contributed by atoms with E-state index in [1.807, 2.05) is 13.0 Å². The van der Waals surface area contributed by atoms with Gasteiger partial charge in [0.25, 0.3) is 5.91 Å². The molecule has 0 unspecified atom stereocenters. The maximum absolute atomic E-state index is 12.2. The predicted octanol–water partition coefficient (Wildman–Crippen LogP) is 2.16. The van der Waals surface area contributed by atoms with Crippen molar-refractivity contribution in [3.05, 3.63) is 46.8 Å². The molecule has 0 bridgehead atoms. The van der Waals surface area contributed by atoms with Gasteiger partial charge in [-0.25, -0.2) is 0 Å². The van der Waals surface area contributed by atoms with Gasteiger partial charge in [-0.15, -0.1) is 0 Å². The van der Waals surface area contributed by atoms with Gasteiger partial charge in [0, 0.05) is 18.4 Å². The van der Waals surface area contributed by atoms with Crippen molar-refractivity contribution in [3.8, 4) is 6.07 Å². The van der Waals surface area contributed by atoms with Crippen LogP contribution in [0.3, 0.4) is 0 Å². The third-order valence-electron chi connectivity index (χ3n) is 2.99. The summed E-state index contributed by atoms with van der Waals surface area (Å²) in [5.74, 6) is -0.210. The minimum Gasteiger partial charge on any atom is -0.322 e. The average molecular weight is 254 g/mol. The molecule has 0 aliphatic rings. The Morgan fingerprint density at radius 3 is 2.74 bits per heavy atom. The summed E-state index contributed by atoms with van der Waals surface area (Å²) in [5, 5.41) is 15.8. The maximum atomic E-state index is 12.2. The number of hydrogen-bond donors (Lipinski definition) is 1. The van der Waals surface area contributed by atoms with Crippen LogP contribution in [0.4, 0.5) is 5.69 Å². The summed E-state index contributed by atoms with van der Waals surface area (Å²) in [5.41, 5.74) is 3.19. The van der Waals surface area contributed by atoms with Crippen LogP contribution in [-0.2, 0) is 7.05 Å². The first-order valence-corrected chi connectivity index (χ1v) is 5.84. The van der Waals surface area contributed by atoms with Crippen molar-refractivity contribution >= 4 is 11.6 Å². The molecule has 5 nitrogen and oxygen atoms in total. The van der Waals surface area contributed by atoms with Crippen LogP contribution in [0.15, 0.2) is 24.3 Å². The third kappa shape index (κ3) is 2.47. The number of aryl methyl sites for hydroxylation is 2. The largest absolute Gasteiger partial charge is 0.322 e. The highest BCUT2D eigenvalue weighted by Crippen LogP contribution is 2.16. The molecule has 96 valence electrons. The summed E-state index contributed by atoms with van der Waals surface area (Å²) in [7, 11) is 1.80. The number of carbonyl (C=O) groups is 1. The van der Waals surface area contributed by atoms with E-state index >= 15 is 0 Å². The Hall–Kier alpha value is -2.61. The number of carbonyl (C=O) groups excluding carboxylic acids is 1. The molecule has 0 saturated heterocycles. The van der Waals surface area contributed by atoms with E-state index < -0.39 is 0 Å². The van der Waals surface area contributed by atoms with Gasteiger partial charge in [0.15, 0.2) is 0 Å². The number of hydrogen-bond acceptors (Lipinski definition) is 3. The first kappa shape index (κ1) is 12.8. The van der Waals surface area contributed by atoms with E-state index in [4.69, 9.17) is 5.26 Å². The van der Waals surface area contributed by atoms with Crippen LogP contribution < -0.4 is 5.32 Å². The van der Waals surface area contributed by atoms with E-state index in [9.17, 15) is 4.79 Å². The second kappa shape index (κ2) is 4.94. The summed E-state index contributed by atoms with van der Waals surface area (Å²) in [4.78, 5) is 12.2. The third-order valence-corrected chi connectivity index (χ3v) is 2.99. The molecule has 1 amide bonds. The second-order valence-corrected chi connectivity index (χ2v) is 4.32. The van der Waals surface area contributed by atoms with Crippen molar-refractivity contribution < 1.29 is 4.79 Å². The van der Waals surface area contributed by atoms with Crippen molar-refractivity contribution in [2.24, 2.45) is 7.05 Å². The molecule has 0 spiro atoms. The molecule has 0 aliphatic heterocycles. The SMILES string of the molecule is Cc1nn(C)c(C)c1C(=O)Nc1cccc(C#N)c1. The number of anilines is 1. The van der Waals surface area contributed by atoms with Gasteiger partial charge >= 0.3 is 0 Å². The molecule has 1 aromatic carbocycles. The van der Waals surface area contributed by atoms with Gasteiger partial charge < -0.3 is 5.32 Å². The fourth-order valence-electron chi connectivity index (χ4n) is 1.96. The number of nitriles is 1. The molecule has 0 radical (unpaired) electrons. The van der Waals surface area contributed by atoms with Gasteiger partial charge in [-0.1, -0.05) is 6.07 Å². The Morgan fingerprint density at radius 2 is 2.16 bits per heavy atom. The molecule has 19 heavy (non-hydrogen) atoms. The molecule has 1 aromatic heterocycles. The van der Waals surface area contributed by atoms with E-state index in [0.717, 1.165) is 5.69 Å². The normalized spacial score (nSPS) is 10.0. The molecule has 0 fully saturated rings. The number of nitrogens with zero attached hydrogens (tertiary/aromatic N) is 3. The second-order valence-electron chi connectivity index (χ2n) is 4.32. The molecule has 0 saturated carbocycles. The lowest BCUT2D eigenvalue weighted by Gasteiger charge is -2.05. The predicted molar refractivity (Wildman–Crippen MR) is 71.8 cm³/mol. The van der Waals surface area contributed by atoms with Crippen LogP contribution in [0.1, 0.15) is 27.3 Å². The standard InChI is InChI=1S/C14H14N4O/c1-9-13(10(2)18(3)17-9)14(19)16-12-6-4-5-11(7-12)8-15/h4-7H,1-3H3,(H,16,19). The van der Waals surface area contributed by atoms with E-state index in [-0.39, 0.29) is 5.91 Å². The quantitative estimate of drug-likeness (QED) is 0.892. The van der Waals surface area contributed by atoms with Gasteiger partial charge in [-0.05, 0) is 32.0 Å². The highest BCUT2D eigenvalue weighted by molar-refractivity contribution is 6.05. The number of nitrogens with one attached hydrogen (secondary N) is 1.